The number of hydrogen-bond acceptors (Lipinski definition) is 0. The summed E-state index contributed by atoms with van der Waals surface area (Å²) in [6.45, 7) is 10.7. The van der Waals surface area contributed by atoms with Crippen molar-refractivity contribution >= 4 is 8.32 Å². The Balaban J connectivity index is 4.09. The van der Waals surface area contributed by atoms with E-state index in [1.807, 2.05) is 0 Å². The fraction of sp³-hybridized carbons (Fsp3) is 0.333. The number of hydrogen-bond donors (Lipinski definition) is 0. The maximum atomic E-state index is 11.8. The van der Waals surface area contributed by atoms with Crippen LogP contribution >= 0.6 is 0 Å². The van der Waals surface area contributed by atoms with E-state index in [-0.39, 0.29) is 0 Å². The van der Waals surface area contributed by atoms with E-state index in [0.717, 1.165) is 0 Å². The zero-order valence-electron chi connectivity index (χ0n) is 6.88. The van der Waals surface area contributed by atoms with Crippen LogP contribution in [0.3, 0.4) is 0 Å². The lowest BCUT2D eigenvalue weighted by molar-refractivity contribution is 0.422. The normalized spacial score (nSPS) is 10.6. The minimum absolute atomic E-state index is 0.616. The molecule has 0 atom stereocenters. The largest absolute Gasteiger partial charge is 0.296 e. The molecule has 0 amide bonds. The first-order valence-corrected chi connectivity index (χ1v) is 6.24. The van der Waals surface area contributed by atoms with Crippen molar-refractivity contribution in [3.63, 3.8) is 0 Å². The highest BCUT2D eigenvalue weighted by molar-refractivity contribution is 6.73. The highest BCUT2D eigenvalue weighted by Gasteiger charge is 2.28. The number of allylic oxidation sites excluding steroid dienone is 3. The summed E-state index contributed by atoms with van der Waals surface area (Å²) in [5.41, 5.74) is 0. The fourth-order valence-corrected chi connectivity index (χ4v) is 3.12. The summed E-state index contributed by atoms with van der Waals surface area (Å²) in [5, 5.41) is 0. The molecule has 0 aliphatic rings. The second kappa shape index (κ2) is 5.10. The monoisotopic (exact) mass is 167 g/mol. The van der Waals surface area contributed by atoms with Crippen molar-refractivity contribution in [2.75, 3.05) is 0 Å². The van der Waals surface area contributed by atoms with Gasteiger partial charge in [-0.05, 0) is 18.1 Å². The van der Waals surface area contributed by atoms with E-state index < -0.39 is 8.32 Å². The average molecular weight is 167 g/mol. The van der Waals surface area contributed by atoms with Gasteiger partial charge in [0.15, 0.2) is 0 Å². The first kappa shape index (κ1) is 10.4. The molecule has 0 heterocycles. The molecule has 0 rings (SSSR count). The molecule has 61 valence electrons. The quantitative estimate of drug-likeness (QED) is 0.428. The Bertz CT molecular complexity index is 125. The summed E-state index contributed by atoms with van der Waals surface area (Å²) in [7, 11) is -2.35. The van der Waals surface area contributed by atoms with Gasteiger partial charge in [0.2, 0.25) is 8.32 Å². The van der Waals surface area contributed by atoms with Crippen LogP contribution in [0.25, 0.3) is 0 Å². The molecule has 11 heavy (non-hydrogen) atoms. The second-order valence-electron chi connectivity index (χ2n) is 2.66. The van der Waals surface area contributed by atoms with Gasteiger partial charge in [-0.1, -0.05) is 18.2 Å². The molecule has 0 bridgehead atoms. The maximum absolute atomic E-state index is 11.8. The number of rotatable bonds is 6. The predicted molar refractivity (Wildman–Crippen MR) is 51.5 cm³/mol. The van der Waals surface area contributed by atoms with Gasteiger partial charge in [-0.15, -0.1) is 19.7 Å². The molecule has 0 aromatic rings. The van der Waals surface area contributed by atoms with Crippen molar-refractivity contribution in [1.29, 1.82) is 0 Å². The van der Waals surface area contributed by atoms with E-state index >= 15 is 0 Å². The second-order valence-corrected chi connectivity index (χ2v) is 6.25. The predicted octanol–water partition coefficient (Wildman–Crippen LogP) is 2.92. The van der Waals surface area contributed by atoms with Crippen molar-refractivity contribution in [2.45, 2.75) is 18.1 Å². The molecule has 1 nitrogen and oxygen atoms in total. The Morgan fingerprint density at radius 1 is 0.909 bits per heavy atom. The molecule has 1 radical (unpaired) electrons. The summed E-state index contributed by atoms with van der Waals surface area (Å²) in [5.74, 6) is 0. The van der Waals surface area contributed by atoms with Gasteiger partial charge >= 0.3 is 0 Å². The van der Waals surface area contributed by atoms with Gasteiger partial charge in [0, 0.05) is 0 Å². The van der Waals surface area contributed by atoms with E-state index in [1.165, 1.54) is 0 Å². The van der Waals surface area contributed by atoms with E-state index in [9.17, 15) is 4.80 Å². The Labute approximate surface area is 69.9 Å². The zero-order chi connectivity index (χ0) is 8.74. The maximum Gasteiger partial charge on any atom is 0.248 e. The SMILES string of the molecule is C=CC[Si]([O])(CC=C)CC=C. The van der Waals surface area contributed by atoms with E-state index in [4.69, 9.17) is 0 Å². The highest BCUT2D eigenvalue weighted by atomic mass is 28.4. The third-order valence-corrected chi connectivity index (χ3v) is 4.65. The van der Waals surface area contributed by atoms with Gasteiger partial charge in [-0.2, -0.15) is 0 Å². The van der Waals surface area contributed by atoms with Crippen LogP contribution in [0.4, 0.5) is 0 Å². The molecule has 0 saturated carbocycles. The van der Waals surface area contributed by atoms with Crippen molar-refractivity contribution in [2.24, 2.45) is 0 Å². The molecule has 0 saturated heterocycles. The van der Waals surface area contributed by atoms with Gasteiger partial charge in [0.1, 0.15) is 0 Å². The lowest BCUT2D eigenvalue weighted by atomic mass is 10.7. The van der Waals surface area contributed by atoms with E-state index in [0.29, 0.717) is 18.1 Å². The molecule has 0 fully saturated rings. The van der Waals surface area contributed by atoms with Crippen LogP contribution in [0.2, 0.25) is 18.1 Å². The summed E-state index contributed by atoms with van der Waals surface area (Å²) >= 11 is 0. The Hall–Kier alpha value is -0.603. The highest BCUT2D eigenvalue weighted by Crippen LogP contribution is 2.19. The van der Waals surface area contributed by atoms with Crippen LogP contribution < -0.4 is 0 Å². The lowest BCUT2D eigenvalue weighted by Crippen LogP contribution is -2.29. The smallest absolute Gasteiger partial charge is 0.248 e. The van der Waals surface area contributed by atoms with Crippen molar-refractivity contribution in [3.8, 4) is 0 Å². The summed E-state index contributed by atoms with van der Waals surface area (Å²) in [6.07, 6.45) is 5.14. The third kappa shape index (κ3) is 3.96. The Morgan fingerprint density at radius 2 is 1.18 bits per heavy atom. The minimum Gasteiger partial charge on any atom is -0.296 e. The molecule has 0 aliphatic heterocycles. The Kier molecular flexibility index (Phi) is 4.82. The molecule has 0 N–H and O–H groups in total. The summed E-state index contributed by atoms with van der Waals surface area (Å²) < 4.78 is 0. The molecular formula is C9H15OSi. The van der Waals surface area contributed by atoms with Gasteiger partial charge in [0.25, 0.3) is 0 Å². The van der Waals surface area contributed by atoms with Crippen LogP contribution in [0.5, 0.6) is 0 Å². The van der Waals surface area contributed by atoms with Crippen LogP contribution in [0.15, 0.2) is 38.0 Å². The molecule has 0 aromatic carbocycles. The average Bonchev–Trinajstić information content (AvgIpc) is 1.88. The standard InChI is InChI=1S/C9H15OSi/c1-4-7-11(10,8-5-2)9-6-3/h4-6H,1-3,7-9H2. The van der Waals surface area contributed by atoms with E-state index in [2.05, 4.69) is 19.7 Å². The van der Waals surface area contributed by atoms with Crippen LogP contribution in [-0.2, 0) is 4.80 Å². The van der Waals surface area contributed by atoms with Gasteiger partial charge < -0.3 is 0 Å². The van der Waals surface area contributed by atoms with Gasteiger partial charge in [-0.25, -0.2) is 0 Å². The van der Waals surface area contributed by atoms with Crippen LogP contribution in [0, 0.1) is 0 Å². The topological polar surface area (TPSA) is 19.9 Å². The minimum atomic E-state index is -2.35. The van der Waals surface area contributed by atoms with Crippen molar-refractivity contribution in [3.05, 3.63) is 38.0 Å². The molecule has 0 aromatic heterocycles. The molecule has 0 unspecified atom stereocenters. The molecule has 0 aliphatic carbocycles. The first-order valence-electron chi connectivity index (χ1n) is 3.71. The summed E-state index contributed by atoms with van der Waals surface area (Å²) in [6, 6.07) is 1.85. The van der Waals surface area contributed by atoms with Crippen molar-refractivity contribution < 1.29 is 4.80 Å². The first-order chi connectivity index (χ1) is 5.18. The Morgan fingerprint density at radius 3 is 1.36 bits per heavy atom. The molecular weight excluding hydrogens is 152 g/mol. The van der Waals surface area contributed by atoms with Crippen LogP contribution in [0.1, 0.15) is 0 Å². The molecule has 2 heteroatoms. The van der Waals surface area contributed by atoms with Crippen LogP contribution in [-0.4, -0.2) is 8.32 Å². The summed E-state index contributed by atoms with van der Waals surface area (Å²) in [4.78, 5) is 11.8. The van der Waals surface area contributed by atoms with Crippen molar-refractivity contribution in [1.82, 2.24) is 0 Å². The lowest BCUT2D eigenvalue weighted by Gasteiger charge is -2.16. The van der Waals surface area contributed by atoms with Gasteiger partial charge in [-0.3, -0.25) is 4.80 Å². The third-order valence-electron chi connectivity index (χ3n) is 1.55. The zero-order valence-corrected chi connectivity index (χ0v) is 7.88. The van der Waals surface area contributed by atoms with Gasteiger partial charge in [0.05, 0.1) is 0 Å². The van der Waals surface area contributed by atoms with E-state index in [1.54, 1.807) is 18.2 Å². The fourth-order valence-electron chi connectivity index (χ4n) is 1.04. The molecule has 0 spiro atoms.